The first-order chi connectivity index (χ1) is 17.4. The van der Waals surface area contributed by atoms with Gasteiger partial charge in [-0.25, -0.2) is 4.98 Å². The number of nitrogens with two attached hydrogens (primary N) is 2. The molecule has 2 atom stereocenters. The van der Waals surface area contributed by atoms with Gasteiger partial charge < -0.3 is 20.9 Å². The number of allylic oxidation sites excluding steroid dienone is 2. The summed E-state index contributed by atoms with van der Waals surface area (Å²) >= 11 is 0. The molecule has 0 aliphatic carbocycles. The lowest BCUT2D eigenvalue weighted by Gasteiger charge is -2.32. The number of nitrogens with zero attached hydrogens (tertiary/aromatic N) is 4. The lowest BCUT2D eigenvalue weighted by Crippen LogP contribution is -2.32. The van der Waals surface area contributed by atoms with E-state index in [-0.39, 0.29) is 23.8 Å². The highest BCUT2D eigenvalue weighted by Crippen LogP contribution is 2.40. The zero-order valence-electron chi connectivity index (χ0n) is 20.9. The Morgan fingerprint density at radius 2 is 1.94 bits per heavy atom. The lowest BCUT2D eigenvalue weighted by atomic mass is 9.80. The van der Waals surface area contributed by atoms with Crippen LogP contribution >= 0.6 is 0 Å². The summed E-state index contributed by atoms with van der Waals surface area (Å²) in [6, 6.07) is 12.3. The van der Waals surface area contributed by atoms with Gasteiger partial charge in [-0.15, -0.1) is 0 Å². The Hall–Kier alpha value is -3.91. The second-order valence-corrected chi connectivity index (χ2v) is 9.45. The van der Waals surface area contributed by atoms with E-state index in [9.17, 15) is 0 Å². The van der Waals surface area contributed by atoms with Gasteiger partial charge in [0.1, 0.15) is 11.6 Å². The van der Waals surface area contributed by atoms with Gasteiger partial charge in [-0.3, -0.25) is 14.5 Å². The first-order valence-electron chi connectivity index (χ1n) is 12.3. The number of hydrogen-bond donors (Lipinski definition) is 2. The van der Waals surface area contributed by atoms with Gasteiger partial charge in [-0.1, -0.05) is 12.1 Å². The fourth-order valence-corrected chi connectivity index (χ4v) is 4.93. The van der Waals surface area contributed by atoms with Crippen LogP contribution in [0.3, 0.4) is 0 Å². The molecule has 0 saturated carbocycles. The van der Waals surface area contributed by atoms with Crippen LogP contribution in [0.2, 0.25) is 0 Å². The third-order valence-electron chi connectivity index (χ3n) is 6.58. The molecule has 2 unspecified atom stereocenters. The molecular weight excluding hydrogens is 452 g/mol. The lowest BCUT2D eigenvalue weighted by molar-refractivity contribution is 0.193. The van der Waals surface area contributed by atoms with Crippen LogP contribution in [0.4, 0.5) is 0 Å². The monoisotopic (exact) mass is 484 g/mol. The molecule has 36 heavy (non-hydrogen) atoms. The van der Waals surface area contributed by atoms with Crippen LogP contribution in [-0.2, 0) is 9.47 Å². The van der Waals surface area contributed by atoms with E-state index in [2.05, 4.69) is 48.1 Å². The molecule has 1 saturated heterocycles. The molecule has 0 bridgehead atoms. The van der Waals surface area contributed by atoms with E-state index >= 15 is 0 Å². The molecule has 3 aromatic rings. The summed E-state index contributed by atoms with van der Waals surface area (Å²) in [5.74, 6) is 1.74. The summed E-state index contributed by atoms with van der Waals surface area (Å²) in [5.41, 5.74) is 18.3. The van der Waals surface area contributed by atoms with Crippen molar-refractivity contribution in [3.8, 4) is 17.1 Å². The van der Waals surface area contributed by atoms with E-state index in [0.29, 0.717) is 12.3 Å². The summed E-state index contributed by atoms with van der Waals surface area (Å²) in [6.07, 6.45) is 8.22. The maximum absolute atomic E-state index is 6.59. The fraction of sp³-hybridized carbons (Fsp3) is 0.321. The molecule has 4 N–H and O–H groups in total. The Labute approximate surface area is 211 Å². The highest BCUT2D eigenvalue weighted by Gasteiger charge is 2.36. The smallest absolute Gasteiger partial charge is 0.210 e. The Kier molecular flexibility index (Phi) is 6.61. The standard InChI is InChI=1S/C28H32N6O2/c1-17(2)33-26(21-10-14-35-16-21)23-18(3)36-27(30)25(29)24(23)19-6-8-22(9-7-19)34-13-12-32-28(34)20-5-4-11-31-15-20/h4-9,11-13,15,17,21,24H,10,14,16,29-30H2,1-3H3. The van der Waals surface area contributed by atoms with Crippen LogP contribution < -0.4 is 11.5 Å². The Balaban J connectivity index is 1.55. The van der Waals surface area contributed by atoms with Gasteiger partial charge in [-0.2, -0.15) is 0 Å². The number of aliphatic imine (C=N–C) groups is 1. The van der Waals surface area contributed by atoms with Crippen molar-refractivity contribution in [3.05, 3.63) is 89.7 Å². The Morgan fingerprint density at radius 3 is 2.61 bits per heavy atom. The van der Waals surface area contributed by atoms with Crippen LogP contribution in [0.15, 0.2) is 89.1 Å². The minimum absolute atomic E-state index is 0.126. The molecule has 2 aliphatic heterocycles. The van der Waals surface area contributed by atoms with Crippen molar-refractivity contribution in [1.29, 1.82) is 0 Å². The molecule has 0 spiro atoms. The summed E-state index contributed by atoms with van der Waals surface area (Å²) in [6.45, 7) is 7.47. The summed E-state index contributed by atoms with van der Waals surface area (Å²) in [5, 5.41) is 0. The van der Waals surface area contributed by atoms with E-state index in [0.717, 1.165) is 52.7 Å². The summed E-state index contributed by atoms with van der Waals surface area (Å²) in [7, 11) is 0. The number of rotatable bonds is 6. The molecule has 1 fully saturated rings. The van der Waals surface area contributed by atoms with Crippen LogP contribution in [0, 0.1) is 5.92 Å². The van der Waals surface area contributed by atoms with Crippen LogP contribution in [0.25, 0.3) is 17.1 Å². The number of aromatic nitrogens is 3. The number of pyridine rings is 1. The van der Waals surface area contributed by atoms with E-state index < -0.39 is 0 Å². The SMILES string of the molecule is CC1=C(C(=NC(C)C)C2CCOC2)C(c2ccc(-n3ccnc3-c3cccnc3)cc2)C(N)=C(N)O1. The molecule has 0 amide bonds. The van der Waals surface area contributed by atoms with Crippen molar-refractivity contribution in [3.63, 3.8) is 0 Å². The Morgan fingerprint density at radius 1 is 1.14 bits per heavy atom. The van der Waals surface area contributed by atoms with Crippen molar-refractivity contribution in [2.24, 2.45) is 22.4 Å². The maximum Gasteiger partial charge on any atom is 0.210 e. The van der Waals surface area contributed by atoms with Crippen molar-refractivity contribution in [1.82, 2.24) is 14.5 Å². The van der Waals surface area contributed by atoms with Crippen LogP contribution in [-0.4, -0.2) is 39.5 Å². The van der Waals surface area contributed by atoms with Crippen molar-refractivity contribution in [2.75, 3.05) is 13.2 Å². The van der Waals surface area contributed by atoms with E-state index in [1.54, 1.807) is 12.4 Å². The van der Waals surface area contributed by atoms with Crippen LogP contribution in [0.1, 0.15) is 38.7 Å². The average Bonchev–Trinajstić information content (AvgIpc) is 3.58. The van der Waals surface area contributed by atoms with Crippen molar-refractivity contribution >= 4 is 5.71 Å². The van der Waals surface area contributed by atoms with Gasteiger partial charge in [-0.05, 0) is 57.0 Å². The van der Waals surface area contributed by atoms with Gasteiger partial charge in [0, 0.05) is 65.9 Å². The summed E-state index contributed by atoms with van der Waals surface area (Å²) < 4.78 is 13.7. The molecular formula is C28H32N6O2. The molecule has 1 aromatic carbocycles. The zero-order chi connectivity index (χ0) is 25.2. The Bertz CT molecular complexity index is 1320. The number of imidazole rings is 1. The fourth-order valence-electron chi connectivity index (χ4n) is 4.93. The third kappa shape index (κ3) is 4.52. The maximum atomic E-state index is 6.59. The molecule has 8 nitrogen and oxygen atoms in total. The number of hydrogen-bond acceptors (Lipinski definition) is 7. The van der Waals surface area contributed by atoms with Gasteiger partial charge >= 0.3 is 0 Å². The minimum atomic E-state index is -0.258. The van der Waals surface area contributed by atoms with E-state index in [4.69, 9.17) is 25.9 Å². The average molecular weight is 485 g/mol. The van der Waals surface area contributed by atoms with Crippen molar-refractivity contribution in [2.45, 2.75) is 39.2 Å². The normalized spacial score (nSPS) is 20.8. The highest BCUT2D eigenvalue weighted by molar-refractivity contribution is 6.04. The molecule has 2 aromatic heterocycles. The quantitative estimate of drug-likeness (QED) is 0.505. The molecule has 5 rings (SSSR count). The molecule has 186 valence electrons. The first-order valence-corrected chi connectivity index (χ1v) is 12.3. The predicted molar refractivity (Wildman–Crippen MR) is 140 cm³/mol. The van der Waals surface area contributed by atoms with Gasteiger partial charge in [0.2, 0.25) is 5.88 Å². The van der Waals surface area contributed by atoms with Crippen molar-refractivity contribution < 1.29 is 9.47 Å². The highest BCUT2D eigenvalue weighted by atomic mass is 16.5. The topological polar surface area (TPSA) is 114 Å². The van der Waals surface area contributed by atoms with Gasteiger partial charge in [0.05, 0.1) is 18.2 Å². The third-order valence-corrected chi connectivity index (χ3v) is 6.58. The molecule has 0 radical (unpaired) electrons. The number of ether oxygens (including phenoxy) is 2. The van der Waals surface area contributed by atoms with Crippen LogP contribution in [0.5, 0.6) is 0 Å². The molecule has 8 heteroatoms. The predicted octanol–water partition coefficient (Wildman–Crippen LogP) is 4.29. The molecule has 4 heterocycles. The van der Waals surface area contributed by atoms with Gasteiger partial charge in [0.15, 0.2) is 0 Å². The minimum Gasteiger partial charge on any atom is -0.444 e. The summed E-state index contributed by atoms with van der Waals surface area (Å²) in [4.78, 5) is 13.8. The second kappa shape index (κ2) is 9.99. The van der Waals surface area contributed by atoms with E-state index in [1.165, 1.54) is 0 Å². The zero-order valence-corrected chi connectivity index (χ0v) is 20.9. The first kappa shape index (κ1) is 23.8. The van der Waals surface area contributed by atoms with E-state index in [1.807, 2.05) is 36.0 Å². The van der Waals surface area contributed by atoms with Gasteiger partial charge in [0.25, 0.3) is 0 Å². The second-order valence-electron chi connectivity index (χ2n) is 9.45. The largest absolute Gasteiger partial charge is 0.444 e. The molecule has 2 aliphatic rings. The number of benzene rings is 1.